The van der Waals surface area contributed by atoms with E-state index in [0.29, 0.717) is 35.7 Å². The zero-order valence-corrected chi connectivity index (χ0v) is 22.5. The molecular weight excluding hydrogens is 530 g/mol. The SMILES string of the molecule is O=C(Nc1ccc(Cl)cc1)C1N([C@@H](CO)Cc2ccccc2)C(=O)[C@@H]2[C@H](C(=O)Nc3ccccc3)[C@@H]3CCC12O3. The highest BCUT2D eigenvalue weighted by molar-refractivity contribution is 6.30. The van der Waals surface area contributed by atoms with E-state index in [2.05, 4.69) is 10.6 Å². The van der Waals surface area contributed by atoms with Crippen LogP contribution in [0, 0.1) is 11.8 Å². The summed E-state index contributed by atoms with van der Waals surface area (Å²) in [6, 6.07) is 23.6. The number of para-hydroxylation sites is 1. The van der Waals surface area contributed by atoms with Gasteiger partial charge in [0.05, 0.1) is 30.6 Å². The molecule has 0 radical (unpaired) electrons. The summed E-state index contributed by atoms with van der Waals surface area (Å²) in [5.41, 5.74) is 0.891. The van der Waals surface area contributed by atoms with E-state index >= 15 is 0 Å². The first-order valence-corrected chi connectivity index (χ1v) is 13.9. The number of fused-ring (bicyclic) bond motifs is 1. The van der Waals surface area contributed by atoms with E-state index in [9.17, 15) is 19.5 Å². The van der Waals surface area contributed by atoms with E-state index in [1.807, 2.05) is 48.5 Å². The van der Waals surface area contributed by atoms with E-state index in [1.54, 1.807) is 36.4 Å². The second-order valence-electron chi connectivity index (χ2n) is 10.7. The molecule has 3 aliphatic heterocycles. The number of nitrogens with one attached hydrogen (secondary N) is 2. The van der Waals surface area contributed by atoms with Gasteiger partial charge in [-0.2, -0.15) is 0 Å². The van der Waals surface area contributed by atoms with Crippen LogP contribution in [-0.2, 0) is 25.5 Å². The Kier molecular flexibility index (Phi) is 7.08. The molecule has 3 fully saturated rings. The number of hydrogen-bond donors (Lipinski definition) is 3. The van der Waals surface area contributed by atoms with Crippen LogP contribution in [-0.4, -0.2) is 58.1 Å². The molecule has 0 aromatic heterocycles. The van der Waals surface area contributed by atoms with Crippen LogP contribution >= 0.6 is 11.6 Å². The number of benzene rings is 3. The number of aliphatic hydroxyl groups excluding tert-OH is 1. The highest BCUT2D eigenvalue weighted by Crippen LogP contribution is 2.59. The summed E-state index contributed by atoms with van der Waals surface area (Å²) >= 11 is 6.03. The van der Waals surface area contributed by atoms with Gasteiger partial charge in [-0.3, -0.25) is 14.4 Å². The van der Waals surface area contributed by atoms with Crippen LogP contribution in [0.15, 0.2) is 84.9 Å². The molecule has 3 N–H and O–H groups in total. The lowest BCUT2D eigenvalue weighted by Crippen LogP contribution is -2.56. The Balaban J connectivity index is 1.36. The maximum Gasteiger partial charge on any atom is 0.250 e. The lowest BCUT2D eigenvalue weighted by Gasteiger charge is -2.36. The molecule has 1 spiro atoms. The third-order valence-corrected chi connectivity index (χ3v) is 8.61. The summed E-state index contributed by atoms with van der Waals surface area (Å²) in [5.74, 6) is -2.68. The molecule has 2 bridgehead atoms. The molecule has 3 saturated heterocycles. The van der Waals surface area contributed by atoms with Crippen LogP contribution in [0.2, 0.25) is 5.02 Å². The minimum absolute atomic E-state index is 0.307. The number of rotatable bonds is 8. The maximum absolute atomic E-state index is 14.3. The summed E-state index contributed by atoms with van der Waals surface area (Å²) in [7, 11) is 0. The molecule has 2 unspecified atom stereocenters. The molecule has 206 valence electrons. The summed E-state index contributed by atoms with van der Waals surface area (Å²) in [6.07, 6.45) is 0.882. The monoisotopic (exact) mass is 559 g/mol. The predicted molar refractivity (Wildman–Crippen MR) is 151 cm³/mol. The van der Waals surface area contributed by atoms with Crippen molar-refractivity contribution in [2.24, 2.45) is 11.8 Å². The molecule has 8 nitrogen and oxygen atoms in total. The highest BCUT2D eigenvalue weighted by atomic mass is 35.5. The quantitative estimate of drug-likeness (QED) is 0.388. The van der Waals surface area contributed by atoms with Crippen molar-refractivity contribution < 1.29 is 24.2 Å². The number of ether oxygens (including phenoxy) is 1. The predicted octanol–water partition coefficient (Wildman–Crippen LogP) is 3.90. The van der Waals surface area contributed by atoms with Gasteiger partial charge in [0.15, 0.2) is 0 Å². The van der Waals surface area contributed by atoms with E-state index < -0.39 is 41.5 Å². The first kappa shape index (κ1) is 26.5. The zero-order valence-electron chi connectivity index (χ0n) is 21.7. The fourth-order valence-corrected chi connectivity index (χ4v) is 6.84. The van der Waals surface area contributed by atoms with Gasteiger partial charge in [0.2, 0.25) is 17.7 Å². The summed E-state index contributed by atoms with van der Waals surface area (Å²) < 4.78 is 6.50. The van der Waals surface area contributed by atoms with Crippen molar-refractivity contribution in [3.05, 3.63) is 95.5 Å². The van der Waals surface area contributed by atoms with Crippen LogP contribution < -0.4 is 10.6 Å². The summed E-state index contributed by atoms with van der Waals surface area (Å²) in [4.78, 5) is 43.4. The maximum atomic E-state index is 14.3. The van der Waals surface area contributed by atoms with Crippen LogP contribution in [0.1, 0.15) is 18.4 Å². The molecule has 40 heavy (non-hydrogen) atoms. The number of anilines is 2. The van der Waals surface area contributed by atoms with Gasteiger partial charge < -0.3 is 25.4 Å². The Morgan fingerprint density at radius 1 is 0.950 bits per heavy atom. The molecule has 9 heteroatoms. The molecular formula is C31H30ClN3O5. The van der Waals surface area contributed by atoms with Crippen LogP contribution in [0.3, 0.4) is 0 Å². The fraction of sp³-hybridized carbons (Fsp3) is 0.323. The average Bonchev–Trinajstić information content (AvgIpc) is 3.61. The molecule has 0 saturated carbocycles. The number of hydrogen-bond acceptors (Lipinski definition) is 5. The number of carbonyl (C=O) groups is 3. The first-order valence-electron chi connectivity index (χ1n) is 13.5. The van der Waals surface area contributed by atoms with Crippen molar-refractivity contribution in [1.29, 1.82) is 0 Å². The molecule has 3 amide bonds. The smallest absolute Gasteiger partial charge is 0.250 e. The Morgan fingerprint density at radius 2 is 1.57 bits per heavy atom. The van der Waals surface area contributed by atoms with Gasteiger partial charge in [0, 0.05) is 16.4 Å². The summed E-state index contributed by atoms with van der Waals surface area (Å²) in [5, 5.41) is 16.9. The minimum Gasteiger partial charge on any atom is -0.394 e. The Labute approximate surface area is 237 Å². The summed E-state index contributed by atoms with van der Waals surface area (Å²) in [6.45, 7) is -0.349. The molecule has 3 heterocycles. The van der Waals surface area contributed by atoms with Crippen molar-refractivity contribution in [2.75, 3.05) is 17.2 Å². The van der Waals surface area contributed by atoms with Gasteiger partial charge in [0.25, 0.3) is 0 Å². The Bertz CT molecular complexity index is 1400. The largest absolute Gasteiger partial charge is 0.394 e. The van der Waals surface area contributed by atoms with Crippen LogP contribution in [0.25, 0.3) is 0 Å². The topological polar surface area (TPSA) is 108 Å². The van der Waals surface area contributed by atoms with Crippen molar-refractivity contribution >= 4 is 40.7 Å². The minimum atomic E-state index is -1.18. The van der Waals surface area contributed by atoms with E-state index in [1.165, 1.54) is 4.90 Å². The van der Waals surface area contributed by atoms with Crippen molar-refractivity contribution in [3.63, 3.8) is 0 Å². The lowest BCUT2D eigenvalue weighted by atomic mass is 9.70. The number of aliphatic hydroxyl groups is 1. The lowest BCUT2D eigenvalue weighted by molar-refractivity contribution is -0.143. The third-order valence-electron chi connectivity index (χ3n) is 8.36. The van der Waals surface area contributed by atoms with E-state index in [-0.39, 0.29) is 18.4 Å². The number of nitrogens with zero attached hydrogens (tertiary/aromatic N) is 1. The van der Waals surface area contributed by atoms with Gasteiger partial charge in [0.1, 0.15) is 11.6 Å². The van der Waals surface area contributed by atoms with Gasteiger partial charge >= 0.3 is 0 Å². The molecule has 3 aliphatic rings. The van der Waals surface area contributed by atoms with Gasteiger partial charge in [-0.15, -0.1) is 0 Å². The van der Waals surface area contributed by atoms with E-state index in [4.69, 9.17) is 16.3 Å². The first-order chi connectivity index (χ1) is 19.4. The Morgan fingerprint density at radius 3 is 2.25 bits per heavy atom. The van der Waals surface area contributed by atoms with Crippen molar-refractivity contribution in [2.45, 2.75) is 43.1 Å². The molecule has 0 aliphatic carbocycles. The third kappa shape index (κ3) is 4.56. The van der Waals surface area contributed by atoms with Crippen LogP contribution in [0.4, 0.5) is 11.4 Å². The molecule has 3 aromatic carbocycles. The van der Waals surface area contributed by atoms with Gasteiger partial charge in [-0.05, 0) is 61.2 Å². The van der Waals surface area contributed by atoms with Crippen molar-refractivity contribution in [3.8, 4) is 0 Å². The number of likely N-dealkylation sites (tertiary alicyclic amines) is 1. The molecule has 6 atom stereocenters. The standard InChI is InChI=1S/C31H30ClN3O5/c32-20-11-13-22(14-12-20)34-29(38)27-31-16-15-24(40-31)25(28(37)33-21-9-5-2-6-10-21)26(31)30(39)35(27)23(18-36)17-19-7-3-1-4-8-19/h1-14,23-27,36H,15-18H2,(H,33,37)(H,34,38)/t23-,24+,25-,26+,27?,31?/m1/s1. The van der Waals surface area contributed by atoms with Gasteiger partial charge in [-0.1, -0.05) is 60.1 Å². The Hall–Kier alpha value is -3.72. The second kappa shape index (κ2) is 10.7. The van der Waals surface area contributed by atoms with Gasteiger partial charge in [-0.25, -0.2) is 0 Å². The number of amides is 3. The van der Waals surface area contributed by atoms with E-state index in [0.717, 1.165) is 5.56 Å². The second-order valence-corrected chi connectivity index (χ2v) is 11.1. The normalized spacial score (nSPS) is 27.4. The highest BCUT2D eigenvalue weighted by Gasteiger charge is 2.75. The molecule has 3 aromatic rings. The average molecular weight is 560 g/mol. The fourth-order valence-electron chi connectivity index (χ4n) is 6.71. The number of halogens is 1. The molecule has 6 rings (SSSR count). The number of carbonyl (C=O) groups excluding carboxylic acids is 3. The van der Waals surface area contributed by atoms with Crippen molar-refractivity contribution in [1.82, 2.24) is 4.90 Å². The zero-order chi connectivity index (χ0) is 27.9. The van der Waals surface area contributed by atoms with Crippen LogP contribution in [0.5, 0.6) is 0 Å².